The molecule has 2 aliphatic rings. The van der Waals surface area contributed by atoms with E-state index in [-0.39, 0.29) is 36.7 Å². The number of carbonyl (C=O) groups excluding carboxylic acids is 3. The third-order valence-corrected chi connectivity index (χ3v) is 8.08. The van der Waals surface area contributed by atoms with Crippen molar-refractivity contribution in [2.24, 2.45) is 0 Å². The number of aliphatic hydroxyl groups is 1. The number of aryl methyl sites for hydroxylation is 1. The SMILES string of the molecule is Cc1c(O)cccc1C(=O)NC(Cc1ccccc1)C(O)C(=O)N1CC(F)CC1C(=O)NC1CCc2ccccc21. The highest BCUT2D eigenvalue weighted by Crippen LogP contribution is 2.32. The minimum atomic E-state index is -1.75. The van der Waals surface area contributed by atoms with E-state index in [1.54, 1.807) is 31.2 Å². The summed E-state index contributed by atoms with van der Waals surface area (Å²) in [5, 5.41) is 27.1. The lowest BCUT2D eigenvalue weighted by Crippen LogP contribution is -2.56. The molecular formula is C32H34FN3O5. The van der Waals surface area contributed by atoms with Gasteiger partial charge < -0.3 is 25.7 Å². The number of phenolic OH excluding ortho intramolecular Hbond substituents is 1. The third kappa shape index (κ3) is 6.10. The summed E-state index contributed by atoms with van der Waals surface area (Å²) in [6.45, 7) is 1.27. The van der Waals surface area contributed by atoms with Gasteiger partial charge in [-0.05, 0) is 55.0 Å². The Bertz CT molecular complexity index is 1430. The van der Waals surface area contributed by atoms with Crippen LogP contribution in [0, 0.1) is 6.92 Å². The molecule has 41 heavy (non-hydrogen) atoms. The summed E-state index contributed by atoms with van der Waals surface area (Å²) in [4.78, 5) is 41.3. The molecule has 0 aromatic heterocycles. The summed E-state index contributed by atoms with van der Waals surface area (Å²) < 4.78 is 14.7. The second-order valence-electron chi connectivity index (χ2n) is 10.8. The van der Waals surface area contributed by atoms with Crippen molar-refractivity contribution in [3.05, 3.63) is 101 Å². The first-order valence-electron chi connectivity index (χ1n) is 13.9. The molecule has 1 aliphatic carbocycles. The number of halogens is 1. The lowest BCUT2D eigenvalue weighted by atomic mass is 9.98. The van der Waals surface area contributed by atoms with E-state index in [0.717, 1.165) is 28.0 Å². The normalized spacial score (nSPS) is 21.1. The number of nitrogens with zero attached hydrogens (tertiary/aromatic N) is 1. The van der Waals surface area contributed by atoms with E-state index in [2.05, 4.69) is 10.6 Å². The Morgan fingerprint density at radius 1 is 1.02 bits per heavy atom. The molecule has 5 unspecified atom stereocenters. The minimum absolute atomic E-state index is 0.0568. The fourth-order valence-electron chi connectivity index (χ4n) is 5.82. The molecule has 0 radical (unpaired) electrons. The van der Waals surface area contributed by atoms with Gasteiger partial charge in [0.25, 0.3) is 11.8 Å². The predicted octanol–water partition coefficient (Wildman–Crippen LogP) is 3.15. The number of likely N-dealkylation sites (tertiary alicyclic amines) is 1. The van der Waals surface area contributed by atoms with Gasteiger partial charge in [-0.1, -0.05) is 60.7 Å². The van der Waals surface area contributed by atoms with Crippen molar-refractivity contribution in [1.82, 2.24) is 15.5 Å². The van der Waals surface area contributed by atoms with Gasteiger partial charge in [0.2, 0.25) is 5.91 Å². The lowest BCUT2D eigenvalue weighted by Gasteiger charge is -2.31. The van der Waals surface area contributed by atoms with Crippen LogP contribution in [-0.4, -0.2) is 63.7 Å². The number of amides is 3. The topological polar surface area (TPSA) is 119 Å². The van der Waals surface area contributed by atoms with Crippen LogP contribution < -0.4 is 10.6 Å². The number of aliphatic hydroxyl groups excluding tert-OH is 1. The second-order valence-corrected chi connectivity index (χ2v) is 10.8. The zero-order valence-electron chi connectivity index (χ0n) is 22.8. The van der Waals surface area contributed by atoms with Crippen molar-refractivity contribution in [3.63, 3.8) is 0 Å². The summed E-state index contributed by atoms with van der Waals surface area (Å²) in [7, 11) is 0. The molecule has 1 saturated heterocycles. The van der Waals surface area contributed by atoms with Crippen LogP contribution in [0.25, 0.3) is 0 Å². The van der Waals surface area contributed by atoms with Crippen LogP contribution in [0.3, 0.4) is 0 Å². The van der Waals surface area contributed by atoms with Crippen LogP contribution in [-0.2, 0) is 22.4 Å². The van der Waals surface area contributed by atoms with Crippen LogP contribution in [0.1, 0.15) is 51.5 Å². The smallest absolute Gasteiger partial charge is 0.254 e. The van der Waals surface area contributed by atoms with Gasteiger partial charge in [0.05, 0.1) is 18.6 Å². The average Bonchev–Trinajstić information content (AvgIpc) is 3.57. The maximum atomic E-state index is 14.7. The molecule has 1 fully saturated rings. The molecular weight excluding hydrogens is 525 g/mol. The number of rotatable bonds is 8. The second kappa shape index (κ2) is 12.1. The molecule has 0 bridgehead atoms. The Kier molecular flexibility index (Phi) is 8.35. The molecule has 1 aliphatic heterocycles. The molecule has 3 amide bonds. The third-order valence-electron chi connectivity index (χ3n) is 8.08. The van der Waals surface area contributed by atoms with E-state index in [4.69, 9.17) is 0 Å². The summed E-state index contributed by atoms with van der Waals surface area (Å²) in [5.74, 6) is -1.93. The Morgan fingerprint density at radius 3 is 2.54 bits per heavy atom. The zero-order valence-corrected chi connectivity index (χ0v) is 22.8. The van der Waals surface area contributed by atoms with Gasteiger partial charge in [0, 0.05) is 17.5 Å². The van der Waals surface area contributed by atoms with E-state index in [0.29, 0.717) is 12.0 Å². The molecule has 4 N–H and O–H groups in total. The molecule has 8 nitrogen and oxygen atoms in total. The fraction of sp³-hybridized carbons (Fsp3) is 0.344. The number of nitrogens with one attached hydrogen (secondary N) is 2. The van der Waals surface area contributed by atoms with Gasteiger partial charge in [-0.15, -0.1) is 0 Å². The Hall–Kier alpha value is -4.24. The maximum absolute atomic E-state index is 14.7. The molecule has 0 saturated carbocycles. The Balaban J connectivity index is 1.34. The number of fused-ring (bicyclic) bond motifs is 1. The van der Waals surface area contributed by atoms with Gasteiger partial charge in [-0.25, -0.2) is 4.39 Å². The first kappa shape index (κ1) is 28.3. The number of alkyl halides is 1. The number of phenols is 1. The molecule has 3 aromatic rings. The van der Waals surface area contributed by atoms with Crippen molar-refractivity contribution in [1.29, 1.82) is 0 Å². The molecule has 3 aromatic carbocycles. The average molecular weight is 560 g/mol. The first-order chi connectivity index (χ1) is 19.7. The van der Waals surface area contributed by atoms with Crippen molar-refractivity contribution in [2.75, 3.05) is 6.54 Å². The van der Waals surface area contributed by atoms with Crippen LogP contribution in [0.5, 0.6) is 5.75 Å². The molecule has 5 rings (SSSR count). The lowest BCUT2D eigenvalue weighted by molar-refractivity contribution is -0.146. The van der Waals surface area contributed by atoms with Crippen LogP contribution in [0.15, 0.2) is 72.8 Å². The van der Waals surface area contributed by atoms with Crippen molar-refractivity contribution >= 4 is 17.7 Å². The van der Waals surface area contributed by atoms with Gasteiger partial charge in [0.1, 0.15) is 18.0 Å². The summed E-state index contributed by atoms with van der Waals surface area (Å²) in [6.07, 6.45) is -1.69. The number of benzene rings is 3. The van der Waals surface area contributed by atoms with Gasteiger partial charge >= 0.3 is 0 Å². The van der Waals surface area contributed by atoms with E-state index >= 15 is 0 Å². The van der Waals surface area contributed by atoms with Gasteiger partial charge in [-0.2, -0.15) is 0 Å². The number of carbonyl (C=O) groups is 3. The fourth-order valence-corrected chi connectivity index (χ4v) is 5.82. The number of hydrogen-bond donors (Lipinski definition) is 4. The van der Waals surface area contributed by atoms with E-state index < -0.39 is 42.1 Å². The van der Waals surface area contributed by atoms with E-state index in [1.807, 2.05) is 30.3 Å². The quantitative estimate of drug-likeness (QED) is 0.338. The Labute approximate surface area is 238 Å². The van der Waals surface area contributed by atoms with Crippen LogP contribution in [0.2, 0.25) is 0 Å². The highest BCUT2D eigenvalue weighted by atomic mass is 19.1. The molecule has 0 spiro atoms. The van der Waals surface area contributed by atoms with Crippen LogP contribution >= 0.6 is 0 Å². The first-order valence-corrected chi connectivity index (χ1v) is 13.9. The van der Waals surface area contributed by atoms with Gasteiger partial charge in [0.15, 0.2) is 6.10 Å². The van der Waals surface area contributed by atoms with Crippen molar-refractivity contribution in [3.8, 4) is 5.75 Å². The summed E-state index contributed by atoms with van der Waals surface area (Å²) in [6, 6.07) is 19.0. The van der Waals surface area contributed by atoms with Crippen LogP contribution in [0.4, 0.5) is 4.39 Å². The molecule has 5 atom stereocenters. The van der Waals surface area contributed by atoms with Crippen molar-refractivity contribution < 1.29 is 29.0 Å². The maximum Gasteiger partial charge on any atom is 0.254 e. The summed E-state index contributed by atoms with van der Waals surface area (Å²) in [5.41, 5.74) is 3.48. The predicted molar refractivity (Wildman–Crippen MR) is 151 cm³/mol. The summed E-state index contributed by atoms with van der Waals surface area (Å²) >= 11 is 0. The highest BCUT2D eigenvalue weighted by Gasteiger charge is 2.44. The number of hydrogen-bond acceptors (Lipinski definition) is 5. The molecule has 9 heteroatoms. The number of aromatic hydroxyl groups is 1. The Morgan fingerprint density at radius 2 is 1.76 bits per heavy atom. The van der Waals surface area contributed by atoms with E-state index in [1.165, 1.54) is 18.2 Å². The van der Waals surface area contributed by atoms with E-state index in [9.17, 15) is 29.0 Å². The largest absolute Gasteiger partial charge is 0.508 e. The zero-order chi connectivity index (χ0) is 29.1. The standard InChI is InChI=1S/C32H34FN3O5/c1-19-23(12-7-13-28(19)37)30(39)35-26(16-20-8-3-2-4-9-20)29(38)32(41)36-18-22(33)17-27(36)31(40)34-25-15-14-21-10-5-6-11-24(21)25/h2-13,22,25-27,29,37-38H,14-18H2,1H3,(H,34,40)(H,35,39). The molecule has 1 heterocycles. The van der Waals surface area contributed by atoms with Gasteiger partial charge in [-0.3, -0.25) is 14.4 Å². The van der Waals surface area contributed by atoms with Crippen molar-refractivity contribution in [2.45, 2.75) is 63.0 Å². The molecule has 214 valence electrons. The highest BCUT2D eigenvalue weighted by molar-refractivity contribution is 5.97. The monoisotopic (exact) mass is 559 g/mol. The minimum Gasteiger partial charge on any atom is -0.508 e.